The van der Waals surface area contributed by atoms with Gasteiger partial charge < -0.3 is 5.32 Å². The molecule has 2 heterocycles. The van der Waals surface area contributed by atoms with Gasteiger partial charge in [0.2, 0.25) is 0 Å². The molecule has 1 N–H and O–H groups in total. The quantitative estimate of drug-likeness (QED) is 0.545. The predicted molar refractivity (Wildman–Crippen MR) is 105 cm³/mol. The lowest BCUT2D eigenvalue weighted by Gasteiger charge is -2.09. The summed E-state index contributed by atoms with van der Waals surface area (Å²) in [5.74, 6) is 0.389. The minimum absolute atomic E-state index is 0.298. The summed E-state index contributed by atoms with van der Waals surface area (Å²) in [6, 6.07) is 15.9. The molecular formula is C19H13Cl2N5O. The van der Waals surface area contributed by atoms with Crippen LogP contribution in [0.5, 0.6) is 0 Å². The highest BCUT2D eigenvalue weighted by Gasteiger charge is 2.12. The third-order valence-electron chi connectivity index (χ3n) is 4.01. The number of hydrogen-bond donors (Lipinski definition) is 1. The predicted octanol–water partition coefficient (Wildman–Crippen LogP) is 4.66. The third-order valence-corrected chi connectivity index (χ3v) is 4.56. The van der Waals surface area contributed by atoms with E-state index in [-0.39, 0.29) is 5.91 Å². The summed E-state index contributed by atoms with van der Waals surface area (Å²) in [5.41, 5.74) is 3.26. The average molecular weight is 398 g/mol. The minimum atomic E-state index is -0.313. The summed E-state index contributed by atoms with van der Waals surface area (Å²) in [5, 5.41) is 16.2. The van der Waals surface area contributed by atoms with E-state index in [0.29, 0.717) is 32.8 Å². The lowest BCUT2D eigenvalue weighted by molar-refractivity contribution is 0.102. The number of carbonyl (C=O) groups is 1. The Labute approximate surface area is 164 Å². The van der Waals surface area contributed by atoms with E-state index in [9.17, 15) is 4.79 Å². The molecule has 4 aromatic rings. The monoisotopic (exact) mass is 397 g/mol. The Morgan fingerprint density at radius 3 is 2.70 bits per heavy atom. The Bertz CT molecular complexity index is 1170. The van der Waals surface area contributed by atoms with Crippen LogP contribution in [0.4, 0.5) is 5.69 Å². The van der Waals surface area contributed by atoms with Crippen LogP contribution in [-0.2, 0) is 0 Å². The molecule has 0 aliphatic heterocycles. The molecule has 6 nitrogen and oxygen atoms in total. The van der Waals surface area contributed by atoms with Crippen molar-refractivity contribution in [2.45, 2.75) is 6.92 Å². The SMILES string of the molecule is Cc1nnc2ccc(-c3cccc(NC(=O)c4ccc(Cl)cc4Cl)c3)nn12. The van der Waals surface area contributed by atoms with Gasteiger partial charge in [-0.1, -0.05) is 35.3 Å². The number of nitrogens with one attached hydrogen (secondary N) is 1. The van der Waals surface area contributed by atoms with E-state index in [2.05, 4.69) is 20.6 Å². The highest BCUT2D eigenvalue weighted by Crippen LogP contribution is 2.24. The van der Waals surface area contributed by atoms with Gasteiger partial charge in [-0.3, -0.25) is 4.79 Å². The Kier molecular flexibility index (Phi) is 4.51. The van der Waals surface area contributed by atoms with E-state index >= 15 is 0 Å². The second-order valence-corrected chi connectivity index (χ2v) is 6.74. The molecule has 0 radical (unpaired) electrons. The van der Waals surface area contributed by atoms with Crippen LogP contribution >= 0.6 is 23.2 Å². The number of amides is 1. The van der Waals surface area contributed by atoms with Crippen LogP contribution in [-0.4, -0.2) is 25.7 Å². The van der Waals surface area contributed by atoms with E-state index in [1.165, 1.54) is 6.07 Å². The number of aryl methyl sites for hydroxylation is 1. The summed E-state index contributed by atoms with van der Waals surface area (Å²) in [7, 11) is 0. The number of aromatic nitrogens is 4. The molecule has 8 heteroatoms. The summed E-state index contributed by atoms with van der Waals surface area (Å²) in [4.78, 5) is 12.5. The molecule has 0 atom stereocenters. The van der Waals surface area contributed by atoms with Gasteiger partial charge in [0.1, 0.15) is 0 Å². The zero-order chi connectivity index (χ0) is 19.0. The Morgan fingerprint density at radius 2 is 1.89 bits per heavy atom. The van der Waals surface area contributed by atoms with Crippen molar-refractivity contribution in [2.75, 3.05) is 5.32 Å². The van der Waals surface area contributed by atoms with Gasteiger partial charge in [0.25, 0.3) is 5.91 Å². The summed E-state index contributed by atoms with van der Waals surface area (Å²) in [6.07, 6.45) is 0. The molecule has 2 aromatic heterocycles. The fourth-order valence-corrected chi connectivity index (χ4v) is 3.17. The highest BCUT2D eigenvalue weighted by atomic mass is 35.5. The van der Waals surface area contributed by atoms with E-state index < -0.39 is 0 Å². The topological polar surface area (TPSA) is 72.2 Å². The summed E-state index contributed by atoms with van der Waals surface area (Å²) in [6.45, 7) is 1.84. The first-order chi connectivity index (χ1) is 13.0. The Hall–Kier alpha value is -2.96. The van der Waals surface area contributed by atoms with Crippen molar-refractivity contribution in [3.8, 4) is 11.3 Å². The maximum absolute atomic E-state index is 12.5. The number of carbonyl (C=O) groups excluding carboxylic acids is 1. The number of fused-ring (bicyclic) bond motifs is 1. The lowest BCUT2D eigenvalue weighted by Crippen LogP contribution is -2.12. The van der Waals surface area contributed by atoms with Crippen LogP contribution in [0.1, 0.15) is 16.2 Å². The van der Waals surface area contributed by atoms with E-state index in [1.54, 1.807) is 22.7 Å². The second-order valence-electron chi connectivity index (χ2n) is 5.89. The van der Waals surface area contributed by atoms with Gasteiger partial charge >= 0.3 is 0 Å². The van der Waals surface area contributed by atoms with Crippen molar-refractivity contribution in [1.82, 2.24) is 19.8 Å². The normalized spacial score (nSPS) is 10.9. The smallest absolute Gasteiger partial charge is 0.257 e. The van der Waals surface area contributed by atoms with Crippen molar-refractivity contribution < 1.29 is 4.79 Å². The Morgan fingerprint density at radius 1 is 1.04 bits per heavy atom. The molecule has 2 aromatic carbocycles. The number of hydrogen-bond acceptors (Lipinski definition) is 4. The van der Waals surface area contributed by atoms with Crippen molar-refractivity contribution in [1.29, 1.82) is 0 Å². The van der Waals surface area contributed by atoms with Gasteiger partial charge in [-0.25, -0.2) is 0 Å². The Balaban J connectivity index is 1.63. The van der Waals surface area contributed by atoms with Crippen molar-refractivity contribution in [3.05, 3.63) is 76.0 Å². The first kappa shape index (κ1) is 17.5. The molecule has 4 rings (SSSR count). The second kappa shape index (κ2) is 6.98. The number of nitrogens with zero attached hydrogens (tertiary/aromatic N) is 4. The molecule has 0 saturated heterocycles. The molecular weight excluding hydrogens is 385 g/mol. The summed E-state index contributed by atoms with van der Waals surface area (Å²) >= 11 is 12.0. The van der Waals surface area contributed by atoms with Gasteiger partial charge in [-0.05, 0) is 49.4 Å². The van der Waals surface area contributed by atoms with Crippen LogP contribution in [0.25, 0.3) is 16.9 Å². The summed E-state index contributed by atoms with van der Waals surface area (Å²) < 4.78 is 1.67. The molecule has 0 bridgehead atoms. The first-order valence-electron chi connectivity index (χ1n) is 8.07. The number of rotatable bonds is 3. The number of anilines is 1. The zero-order valence-electron chi connectivity index (χ0n) is 14.1. The van der Waals surface area contributed by atoms with Gasteiger partial charge in [-0.2, -0.15) is 9.61 Å². The minimum Gasteiger partial charge on any atom is -0.322 e. The van der Waals surface area contributed by atoms with Crippen LogP contribution in [0.2, 0.25) is 10.0 Å². The molecule has 134 valence electrons. The average Bonchev–Trinajstić information content (AvgIpc) is 3.02. The first-order valence-corrected chi connectivity index (χ1v) is 8.83. The van der Waals surface area contributed by atoms with Gasteiger partial charge in [0, 0.05) is 16.3 Å². The van der Waals surface area contributed by atoms with Crippen LogP contribution in [0, 0.1) is 6.92 Å². The highest BCUT2D eigenvalue weighted by molar-refractivity contribution is 6.37. The van der Waals surface area contributed by atoms with Crippen molar-refractivity contribution in [3.63, 3.8) is 0 Å². The molecule has 0 spiro atoms. The van der Waals surface area contributed by atoms with Crippen molar-refractivity contribution in [2.24, 2.45) is 0 Å². The van der Waals surface area contributed by atoms with Gasteiger partial charge in [-0.15, -0.1) is 10.2 Å². The maximum Gasteiger partial charge on any atom is 0.257 e. The molecule has 0 unspecified atom stereocenters. The third kappa shape index (κ3) is 3.49. The zero-order valence-corrected chi connectivity index (χ0v) is 15.7. The van der Waals surface area contributed by atoms with E-state index in [0.717, 1.165) is 11.3 Å². The number of benzene rings is 2. The van der Waals surface area contributed by atoms with Crippen LogP contribution < -0.4 is 5.32 Å². The van der Waals surface area contributed by atoms with Gasteiger partial charge in [0.05, 0.1) is 16.3 Å². The standard InChI is InChI=1S/C19H13Cl2N5O/c1-11-23-24-18-8-7-17(25-26(11)18)12-3-2-4-14(9-12)22-19(27)15-6-5-13(20)10-16(15)21/h2-10H,1H3,(H,22,27). The van der Waals surface area contributed by atoms with Crippen LogP contribution in [0.15, 0.2) is 54.6 Å². The van der Waals surface area contributed by atoms with Crippen molar-refractivity contribution >= 4 is 40.4 Å². The fourth-order valence-electron chi connectivity index (χ4n) is 2.68. The molecule has 0 fully saturated rings. The van der Waals surface area contributed by atoms with E-state index in [4.69, 9.17) is 23.2 Å². The number of halogens is 2. The largest absolute Gasteiger partial charge is 0.322 e. The molecule has 27 heavy (non-hydrogen) atoms. The van der Waals surface area contributed by atoms with Crippen LogP contribution in [0.3, 0.4) is 0 Å². The fraction of sp³-hybridized carbons (Fsp3) is 0.0526. The molecule has 0 aliphatic rings. The maximum atomic E-state index is 12.5. The lowest BCUT2D eigenvalue weighted by atomic mass is 10.1. The van der Waals surface area contributed by atoms with E-state index in [1.807, 2.05) is 37.3 Å². The molecule has 0 saturated carbocycles. The molecule has 1 amide bonds. The molecule has 0 aliphatic carbocycles. The van der Waals surface area contributed by atoms with Gasteiger partial charge in [0.15, 0.2) is 11.5 Å².